The number of carbonyl (C=O) groups is 1. The molecule has 0 spiro atoms. The topological polar surface area (TPSA) is 58.1 Å². The Balaban J connectivity index is 1.48. The highest BCUT2D eigenvalue weighted by Crippen LogP contribution is 2.41. The molecule has 38 heavy (non-hydrogen) atoms. The number of aromatic nitrogens is 2. The first kappa shape index (κ1) is 27.3. The number of halogens is 1. The molecule has 202 valence electrons. The summed E-state index contributed by atoms with van der Waals surface area (Å²) in [5, 5.41) is 7.51. The third-order valence-electron chi connectivity index (χ3n) is 8.95. The van der Waals surface area contributed by atoms with Crippen molar-refractivity contribution in [2.75, 3.05) is 31.1 Å². The number of thiazole rings is 1. The number of hydrogen-bond acceptors (Lipinski definition) is 6. The summed E-state index contributed by atoms with van der Waals surface area (Å²) in [5.41, 5.74) is 4.84. The Hall–Kier alpha value is -2.32. The summed E-state index contributed by atoms with van der Waals surface area (Å²) in [7, 11) is 0. The first-order valence-corrected chi connectivity index (χ1v) is 15.0. The molecule has 3 aromatic rings. The quantitative estimate of drug-likeness (QED) is 0.375. The van der Waals surface area contributed by atoms with Crippen LogP contribution in [0.15, 0.2) is 41.9 Å². The summed E-state index contributed by atoms with van der Waals surface area (Å²) in [6, 6.07) is 10.4. The molecule has 1 amide bonds. The van der Waals surface area contributed by atoms with E-state index in [9.17, 15) is 4.79 Å². The van der Waals surface area contributed by atoms with E-state index < -0.39 is 0 Å². The van der Waals surface area contributed by atoms with Gasteiger partial charge >= 0.3 is 5.91 Å². The molecule has 1 N–H and O–H groups in total. The van der Waals surface area contributed by atoms with E-state index in [2.05, 4.69) is 46.6 Å². The molecule has 2 saturated heterocycles. The lowest BCUT2D eigenvalue weighted by molar-refractivity contribution is -0.906. The van der Waals surface area contributed by atoms with E-state index in [1.165, 1.54) is 0 Å². The molecule has 8 heteroatoms. The minimum Gasteiger partial charge on any atom is -0.362 e. The molecule has 6 nitrogen and oxygen atoms in total. The van der Waals surface area contributed by atoms with Gasteiger partial charge in [0.05, 0.1) is 36.0 Å². The fourth-order valence-electron chi connectivity index (χ4n) is 6.64. The molecule has 0 radical (unpaired) electrons. The minimum absolute atomic E-state index is 0.0981. The van der Waals surface area contributed by atoms with Crippen LogP contribution in [0.3, 0.4) is 0 Å². The van der Waals surface area contributed by atoms with Crippen LogP contribution in [0.2, 0.25) is 5.02 Å². The van der Waals surface area contributed by atoms with Gasteiger partial charge in [-0.2, -0.15) is 0 Å². The van der Waals surface area contributed by atoms with Crippen molar-refractivity contribution in [1.82, 2.24) is 15.3 Å². The van der Waals surface area contributed by atoms with Crippen LogP contribution in [0.4, 0.5) is 5.69 Å². The van der Waals surface area contributed by atoms with Crippen molar-refractivity contribution in [3.8, 4) is 0 Å². The number of nitrogens with zero attached hydrogens (tertiary/aromatic N) is 4. The number of amides is 1. The summed E-state index contributed by atoms with van der Waals surface area (Å²) < 4.78 is 0.517. The molecular formula is C30H39ClN5OS+. The molecule has 5 rings (SSSR count). The van der Waals surface area contributed by atoms with Gasteiger partial charge in [0, 0.05) is 67.1 Å². The maximum Gasteiger partial charge on any atom is 0.348 e. The highest BCUT2D eigenvalue weighted by Gasteiger charge is 2.55. The SMILES string of the molecule is Cc1nc(CN(c2ccc(Cl)cc2)C2CC[N+](C(=O)c3c(C)ccnc3C)(C3(C)CCNCC3)CC2)cs1. The Morgan fingerprint density at radius 3 is 2.42 bits per heavy atom. The number of quaternary nitrogens is 1. The smallest absolute Gasteiger partial charge is 0.348 e. The Labute approximate surface area is 235 Å². The molecule has 4 heterocycles. The van der Waals surface area contributed by atoms with Crippen molar-refractivity contribution < 1.29 is 9.28 Å². The lowest BCUT2D eigenvalue weighted by Crippen LogP contribution is -2.71. The van der Waals surface area contributed by atoms with Gasteiger partial charge in [0.1, 0.15) is 11.1 Å². The zero-order chi connectivity index (χ0) is 26.9. The van der Waals surface area contributed by atoms with Gasteiger partial charge in [-0.05, 0) is 63.6 Å². The van der Waals surface area contributed by atoms with E-state index in [0.717, 1.165) is 96.6 Å². The van der Waals surface area contributed by atoms with Crippen LogP contribution in [-0.2, 0) is 6.54 Å². The second-order valence-corrected chi connectivity index (χ2v) is 12.7. The van der Waals surface area contributed by atoms with E-state index in [-0.39, 0.29) is 11.4 Å². The van der Waals surface area contributed by atoms with Crippen molar-refractivity contribution in [1.29, 1.82) is 0 Å². The molecule has 0 bridgehead atoms. The average Bonchev–Trinajstić information content (AvgIpc) is 3.33. The Morgan fingerprint density at radius 2 is 1.82 bits per heavy atom. The summed E-state index contributed by atoms with van der Waals surface area (Å²) >= 11 is 7.94. The van der Waals surface area contributed by atoms with Crippen molar-refractivity contribution >= 4 is 34.5 Å². The highest BCUT2D eigenvalue weighted by atomic mass is 35.5. The molecule has 2 fully saturated rings. The van der Waals surface area contributed by atoms with Gasteiger partial charge in [0.15, 0.2) is 0 Å². The van der Waals surface area contributed by atoms with Crippen molar-refractivity contribution in [2.45, 2.75) is 71.5 Å². The third kappa shape index (κ3) is 5.14. The fraction of sp³-hybridized carbons (Fsp3) is 0.500. The van der Waals surface area contributed by atoms with Gasteiger partial charge in [0.2, 0.25) is 0 Å². The molecule has 0 unspecified atom stereocenters. The van der Waals surface area contributed by atoms with Crippen LogP contribution in [0.5, 0.6) is 0 Å². The van der Waals surface area contributed by atoms with Crippen molar-refractivity contribution in [2.24, 2.45) is 0 Å². The first-order valence-electron chi connectivity index (χ1n) is 13.7. The summed E-state index contributed by atoms with van der Waals surface area (Å²) in [5.74, 6) is 0.254. The lowest BCUT2D eigenvalue weighted by atomic mass is 9.81. The second kappa shape index (κ2) is 11.0. The highest BCUT2D eigenvalue weighted by molar-refractivity contribution is 7.09. The van der Waals surface area contributed by atoms with E-state index in [1.807, 2.05) is 38.2 Å². The van der Waals surface area contributed by atoms with Crippen LogP contribution >= 0.6 is 22.9 Å². The molecule has 0 aliphatic carbocycles. The van der Waals surface area contributed by atoms with Crippen LogP contribution in [-0.4, -0.2) is 58.1 Å². The van der Waals surface area contributed by atoms with Gasteiger partial charge in [-0.25, -0.2) is 9.78 Å². The second-order valence-electron chi connectivity index (χ2n) is 11.2. The number of aryl methyl sites for hydroxylation is 3. The van der Waals surface area contributed by atoms with Crippen LogP contribution in [0.25, 0.3) is 0 Å². The molecule has 0 atom stereocenters. The van der Waals surface area contributed by atoms with Gasteiger partial charge in [-0.3, -0.25) is 9.47 Å². The minimum atomic E-state index is -0.0981. The molecule has 2 aliphatic rings. The molecule has 1 aromatic carbocycles. The Kier molecular flexibility index (Phi) is 7.92. The van der Waals surface area contributed by atoms with Gasteiger partial charge in [0.25, 0.3) is 0 Å². The number of pyridine rings is 1. The predicted molar refractivity (Wildman–Crippen MR) is 156 cm³/mol. The predicted octanol–water partition coefficient (Wildman–Crippen LogP) is 6.09. The maximum absolute atomic E-state index is 14.6. The summed E-state index contributed by atoms with van der Waals surface area (Å²) in [6.45, 7) is 12.8. The molecular weight excluding hydrogens is 514 g/mol. The van der Waals surface area contributed by atoms with Crippen molar-refractivity contribution in [3.05, 3.63) is 74.5 Å². The monoisotopic (exact) mass is 552 g/mol. The Morgan fingerprint density at radius 1 is 1.13 bits per heavy atom. The Bertz CT molecular complexity index is 1260. The maximum atomic E-state index is 14.6. The third-order valence-corrected chi connectivity index (χ3v) is 10.0. The van der Waals surface area contributed by atoms with Gasteiger partial charge < -0.3 is 10.2 Å². The first-order chi connectivity index (χ1) is 18.2. The normalized spacial score (nSPS) is 23.2. The number of nitrogens with one attached hydrogen (secondary N) is 1. The number of likely N-dealkylation sites (tertiary alicyclic amines) is 1. The number of anilines is 1. The number of carbonyl (C=O) groups excluding carboxylic acids is 1. The standard InChI is InChI=1S/C30H39ClN5OS/c1-21-9-14-33-22(2)28(21)29(37)36(30(4)12-15-32-16-13-30)17-10-27(11-18-36)35(19-25-20-38-23(3)34-25)26-7-5-24(31)6-8-26/h5-9,14,20,27,32H,10-13,15-19H2,1-4H3/q+1. The van der Waals surface area contributed by atoms with Crippen LogP contribution in [0, 0.1) is 20.8 Å². The molecule has 2 aliphatic heterocycles. The van der Waals surface area contributed by atoms with Crippen molar-refractivity contribution in [3.63, 3.8) is 0 Å². The zero-order valence-corrected chi connectivity index (χ0v) is 24.5. The zero-order valence-electron chi connectivity index (χ0n) is 23.0. The van der Waals surface area contributed by atoms with E-state index in [4.69, 9.17) is 16.6 Å². The number of hydrogen-bond donors (Lipinski definition) is 1. The number of benzene rings is 1. The molecule has 2 aromatic heterocycles. The van der Waals surface area contributed by atoms with Crippen LogP contribution < -0.4 is 10.2 Å². The number of rotatable bonds is 6. The number of piperidine rings is 2. The van der Waals surface area contributed by atoms with E-state index >= 15 is 0 Å². The van der Waals surface area contributed by atoms with Gasteiger partial charge in [-0.15, -0.1) is 11.3 Å². The summed E-state index contributed by atoms with van der Waals surface area (Å²) in [6.07, 6.45) is 5.70. The lowest BCUT2D eigenvalue weighted by Gasteiger charge is -2.55. The average molecular weight is 553 g/mol. The molecule has 0 saturated carbocycles. The largest absolute Gasteiger partial charge is 0.362 e. The van der Waals surface area contributed by atoms with Gasteiger partial charge in [-0.1, -0.05) is 11.6 Å². The van der Waals surface area contributed by atoms with E-state index in [1.54, 1.807) is 11.3 Å². The van der Waals surface area contributed by atoms with E-state index in [0.29, 0.717) is 10.5 Å². The van der Waals surface area contributed by atoms with Crippen LogP contribution in [0.1, 0.15) is 64.9 Å². The summed E-state index contributed by atoms with van der Waals surface area (Å²) in [4.78, 5) is 26.4. The fourth-order valence-corrected chi connectivity index (χ4v) is 7.37.